The highest BCUT2D eigenvalue weighted by Crippen LogP contribution is 2.43. The van der Waals surface area contributed by atoms with Crippen LogP contribution in [0.15, 0.2) is 102 Å². The first-order valence-corrected chi connectivity index (χ1v) is 23.3. The van der Waals surface area contributed by atoms with Crippen molar-refractivity contribution in [2.24, 2.45) is 17.8 Å². The Morgan fingerprint density at radius 1 is 0.900 bits per heavy atom. The maximum Gasteiger partial charge on any atom is 0.340 e. The molecule has 0 bridgehead atoms. The Labute approximate surface area is 360 Å². The minimum absolute atomic E-state index is 0.00280. The van der Waals surface area contributed by atoms with Crippen LogP contribution in [-0.4, -0.2) is 95.5 Å². The molecule has 60 heavy (non-hydrogen) atoms. The second-order valence-electron chi connectivity index (χ2n) is 18.7. The van der Waals surface area contributed by atoms with Crippen LogP contribution in [0.1, 0.15) is 92.4 Å². The van der Waals surface area contributed by atoms with E-state index in [1.165, 1.54) is 10.4 Å². The number of nitrogens with zero attached hydrogens (tertiary/aromatic N) is 1. The molecule has 0 amide bonds. The first kappa shape index (κ1) is 47.2. The number of benzene rings is 3. The Kier molecular flexibility index (Phi) is 15.3. The molecule has 2 aliphatic heterocycles. The van der Waals surface area contributed by atoms with Crippen molar-refractivity contribution in [3.63, 3.8) is 0 Å². The Hall–Kier alpha value is -3.84. The summed E-state index contributed by atoms with van der Waals surface area (Å²) in [6.07, 6.45) is -0.641. The highest BCUT2D eigenvalue weighted by Gasteiger charge is 2.52. The van der Waals surface area contributed by atoms with Gasteiger partial charge in [-0.15, -0.1) is 0 Å². The Morgan fingerprint density at radius 3 is 1.97 bits per heavy atom. The molecule has 0 saturated carbocycles. The van der Waals surface area contributed by atoms with Crippen LogP contribution >= 0.6 is 0 Å². The molecule has 1 unspecified atom stereocenters. The molecule has 2 aliphatic rings. The lowest BCUT2D eigenvalue weighted by Gasteiger charge is -2.49. The fourth-order valence-electron chi connectivity index (χ4n) is 9.17. The number of methoxy groups -OCH3 is 1. The molecule has 8 atom stereocenters. The zero-order valence-electron chi connectivity index (χ0n) is 38.2. The van der Waals surface area contributed by atoms with Gasteiger partial charge in [-0.3, -0.25) is 0 Å². The van der Waals surface area contributed by atoms with Crippen molar-refractivity contribution in [3.8, 4) is 0 Å². The standard InChI is InChI=1S/C49H69NO9Si/c1-33(31-55-60(47(5,6)7,39-25-19-15-20-26-39)40-27-21-16-22-28-40)30-49(10,53-13)43(35(3)42-36(4)44(51)59-48(8,9)58-42)57-46-34(2)41(50(11)12)29-38(56-46)32-54-45(52)37-23-17-14-18-24-37/h14-28,33-35,38,41,43,46H,29-32H2,1-13H3/t33-,34-,35+,38+,41?,43-,46+,49-/m1/s1. The predicted octanol–water partition coefficient (Wildman–Crippen LogP) is 8.14. The lowest BCUT2D eigenvalue weighted by molar-refractivity contribution is -0.290. The summed E-state index contributed by atoms with van der Waals surface area (Å²) in [6, 6.07) is 30.3. The summed E-state index contributed by atoms with van der Waals surface area (Å²) in [5, 5.41) is 2.25. The van der Waals surface area contributed by atoms with Gasteiger partial charge in [0.25, 0.3) is 8.32 Å². The maximum absolute atomic E-state index is 13.3. The number of hydrogen-bond acceptors (Lipinski definition) is 10. The van der Waals surface area contributed by atoms with Gasteiger partial charge < -0.3 is 37.7 Å². The minimum atomic E-state index is -2.83. The zero-order chi connectivity index (χ0) is 44.0. The monoisotopic (exact) mass is 843 g/mol. The third kappa shape index (κ3) is 10.6. The lowest BCUT2D eigenvalue weighted by Crippen LogP contribution is -2.67. The summed E-state index contributed by atoms with van der Waals surface area (Å²) in [6.45, 7) is 21.0. The van der Waals surface area contributed by atoms with Crippen molar-refractivity contribution in [2.75, 3.05) is 34.4 Å². The van der Waals surface area contributed by atoms with Crippen molar-refractivity contribution in [1.82, 2.24) is 4.90 Å². The Morgan fingerprint density at radius 2 is 1.45 bits per heavy atom. The second kappa shape index (κ2) is 19.5. The molecule has 11 heteroatoms. The third-order valence-electron chi connectivity index (χ3n) is 12.3. The third-order valence-corrected chi connectivity index (χ3v) is 17.3. The summed E-state index contributed by atoms with van der Waals surface area (Å²) in [7, 11) is 2.97. The van der Waals surface area contributed by atoms with Gasteiger partial charge in [-0.2, -0.15) is 0 Å². The van der Waals surface area contributed by atoms with Gasteiger partial charge >= 0.3 is 11.9 Å². The van der Waals surface area contributed by atoms with Gasteiger partial charge in [0.05, 0.1) is 28.9 Å². The van der Waals surface area contributed by atoms with Crippen LogP contribution in [0.5, 0.6) is 0 Å². The van der Waals surface area contributed by atoms with Crippen LogP contribution in [0.2, 0.25) is 5.04 Å². The van der Waals surface area contributed by atoms with Crippen LogP contribution in [0, 0.1) is 17.8 Å². The average Bonchev–Trinajstić information content (AvgIpc) is 3.21. The highest BCUT2D eigenvalue weighted by molar-refractivity contribution is 6.99. The fraction of sp³-hybridized carbons (Fsp3) is 0.551. The van der Waals surface area contributed by atoms with Crippen LogP contribution in [-0.2, 0) is 37.6 Å². The summed E-state index contributed by atoms with van der Waals surface area (Å²) < 4.78 is 45.8. The molecule has 0 radical (unpaired) electrons. The number of ether oxygens (including phenoxy) is 6. The smallest absolute Gasteiger partial charge is 0.340 e. The SMILES string of the molecule is CO[C@](C)(C[C@@H](C)CO[Si](c1ccccc1)(c1ccccc1)C(C)(C)C)[C@H](O[C@@H]1O[C@H](COC(=O)c2ccccc2)CC(N(C)C)[C@H]1C)[C@@H](C)C1=C(C)C(=O)OC(C)(C)O1. The van der Waals surface area contributed by atoms with E-state index in [0.717, 1.165) is 0 Å². The Balaban J connectivity index is 1.48. The van der Waals surface area contributed by atoms with E-state index in [4.69, 9.17) is 32.8 Å². The fourth-order valence-corrected chi connectivity index (χ4v) is 13.9. The van der Waals surface area contributed by atoms with Gasteiger partial charge in [0.1, 0.15) is 12.4 Å². The lowest BCUT2D eigenvalue weighted by atomic mass is 9.80. The minimum Gasteiger partial charge on any atom is -0.459 e. The topological polar surface area (TPSA) is 102 Å². The summed E-state index contributed by atoms with van der Waals surface area (Å²) in [4.78, 5) is 28.4. The number of hydrogen-bond donors (Lipinski definition) is 0. The molecule has 5 rings (SSSR count). The van der Waals surface area contributed by atoms with Crippen LogP contribution < -0.4 is 10.4 Å². The molecule has 3 aromatic rings. The van der Waals surface area contributed by atoms with Crippen LogP contribution in [0.4, 0.5) is 0 Å². The molecule has 0 N–H and O–H groups in total. The van der Waals surface area contributed by atoms with Crippen molar-refractivity contribution in [1.29, 1.82) is 0 Å². The maximum atomic E-state index is 13.3. The van der Waals surface area contributed by atoms with Gasteiger partial charge in [-0.05, 0) is 74.2 Å². The zero-order valence-corrected chi connectivity index (χ0v) is 39.2. The first-order chi connectivity index (χ1) is 28.2. The quantitative estimate of drug-likeness (QED) is 0.0979. The largest absolute Gasteiger partial charge is 0.459 e. The highest BCUT2D eigenvalue weighted by atomic mass is 28.4. The number of carbonyl (C=O) groups is 2. The average molecular weight is 844 g/mol. The van der Waals surface area contributed by atoms with Crippen LogP contribution in [0.25, 0.3) is 0 Å². The van der Waals surface area contributed by atoms with E-state index in [-0.39, 0.29) is 29.5 Å². The van der Waals surface area contributed by atoms with E-state index in [1.807, 2.05) is 39.2 Å². The molecule has 3 aromatic carbocycles. The molecule has 1 saturated heterocycles. The van der Waals surface area contributed by atoms with Crippen molar-refractivity contribution >= 4 is 30.6 Å². The number of cyclic esters (lactones) is 1. The number of rotatable bonds is 17. The van der Waals surface area contributed by atoms with Crippen molar-refractivity contribution in [3.05, 3.63) is 108 Å². The number of carbonyl (C=O) groups excluding carboxylic acids is 2. The van der Waals surface area contributed by atoms with Gasteiger partial charge in [0.2, 0.25) is 5.79 Å². The van der Waals surface area contributed by atoms with Gasteiger partial charge in [-0.1, -0.05) is 120 Å². The summed E-state index contributed by atoms with van der Waals surface area (Å²) in [5.41, 5.74) is -0.0699. The van der Waals surface area contributed by atoms with Crippen LogP contribution in [0.3, 0.4) is 0 Å². The van der Waals surface area contributed by atoms with Gasteiger partial charge in [0.15, 0.2) is 6.29 Å². The van der Waals surface area contributed by atoms with Crippen molar-refractivity contribution in [2.45, 2.75) is 123 Å². The molecule has 2 heterocycles. The van der Waals surface area contributed by atoms with E-state index in [1.54, 1.807) is 40.0 Å². The number of esters is 2. The molecule has 328 valence electrons. The molecular formula is C49H69NO9Si. The van der Waals surface area contributed by atoms with Crippen molar-refractivity contribution < 1.29 is 42.4 Å². The van der Waals surface area contributed by atoms with E-state index < -0.39 is 56.1 Å². The summed E-state index contributed by atoms with van der Waals surface area (Å²) >= 11 is 0. The molecular weight excluding hydrogens is 775 g/mol. The molecule has 0 aliphatic carbocycles. The normalized spacial score (nSPS) is 23.5. The Bertz CT molecular complexity index is 1860. The molecule has 1 fully saturated rings. The first-order valence-electron chi connectivity index (χ1n) is 21.4. The van der Waals surface area contributed by atoms with E-state index in [0.29, 0.717) is 36.3 Å². The van der Waals surface area contributed by atoms with Gasteiger partial charge in [0, 0.05) is 45.4 Å². The van der Waals surface area contributed by atoms with E-state index in [9.17, 15) is 9.59 Å². The van der Waals surface area contributed by atoms with Gasteiger partial charge in [-0.25, -0.2) is 9.59 Å². The second-order valence-corrected chi connectivity index (χ2v) is 23.0. The van der Waals surface area contributed by atoms with E-state index >= 15 is 0 Å². The predicted molar refractivity (Wildman–Crippen MR) is 237 cm³/mol. The molecule has 10 nitrogen and oxygen atoms in total. The summed E-state index contributed by atoms with van der Waals surface area (Å²) in [5.74, 6) is -2.09. The molecule has 0 aromatic heterocycles. The van der Waals surface area contributed by atoms with E-state index in [2.05, 4.69) is 107 Å². The molecule has 0 spiro atoms.